The first-order valence-corrected chi connectivity index (χ1v) is 17.8. The Bertz CT molecular complexity index is 1420. The van der Waals surface area contributed by atoms with Gasteiger partial charge in [0.15, 0.2) is 5.44 Å². The number of nitrogens with zero attached hydrogens (tertiary/aromatic N) is 3. The molecule has 7 atom stereocenters. The van der Waals surface area contributed by atoms with Crippen LogP contribution in [0.3, 0.4) is 0 Å². The van der Waals surface area contributed by atoms with E-state index in [0.29, 0.717) is 5.75 Å². The summed E-state index contributed by atoms with van der Waals surface area (Å²) in [6, 6.07) is -8.75. The maximum atomic E-state index is 13.2. The lowest BCUT2D eigenvalue weighted by molar-refractivity contribution is -0.137. The quantitative estimate of drug-likeness (QED) is 0.0519. The van der Waals surface area contributed by atoms with Crippen LogP contribution in [0.1, 0.15) is 27.2 Å². The molecule has 0 bridgehead atoms. The second-order valence-corrected chi connectivity index (χ2v) is 13.4. The zero-order valence-corrected chi connectivity index (χ0v) is 29.3. The van der Waals surface area contributed by atoms with Crippen LogP contribution in [0.25, 0.3) is 0 Å². The summed E-state index contributed by atoms with van der Waals surface area (Å²) in [5.74, 6) is -6.18. The number of thioether (sulfide) groups is 1. The maximum Gasteiger partial charge on any atom is 0.377 e. The van der Waals surface area contributed by atoms with Crippen LogP contribution in [0.4, 0.5) is 0 Å². The first kappa shape index (κ1) is 43.8. The van der Waals surface area contributed by atoms with Gasteiger partial charge in [-0.15, -0.1) is 5.10 Å². The normalized spacial score (nSPS) is 15.5. The van der Waals surface area contributed by atoms with Crippen LogP contribution in [-0.4, -0.2) is 144 Å². The molecule has 0 aliphatic carbocycles. The molecule has 23 nitrogen and oxygen atoms in total. The van der Waals surface area contributed by atoms with Gasteiger partial charge in [-0.05, 0) is 39.2 Å². The fourth-order valence-corrected chi connectivity index (χ4v) is 4.74. The molecular weight excluding hydrogens is 709 g/mol. The van der Waals surface area contributed by atoms with Crippen molar-refractivity contribution in [3.8, 4) is 0 Å². The van der Waals surface area contributed by atoms with Gasteiger partial charge in [0.2, 0.25) is 41.4 Å². The second-order valence-electron chi connectivity index (χ2n) is 10.8. The average Bonchev–Trinajstić information content (AvgIpc) is 3.52. The van der Waals surface area contributed by atoms with Gasteiger partial charge in [0.05, 0.1) is 32.0 Å². The maximum absolute atomic E-state index is 13.2. The zero-order valence-electron chi connectivity index (χ0n) is 27.6. The smallest absolute Gasteiger partial charge is 0.377 e. The zero-order chi connectivity index (χ0) is 38.3. The number of nitrogens with two attached hydrogens (primary N) is 2. The number of hydrogen-bond acceptors (Lipinski definition) is 14. The molecule has 1 rings (SSSR count). The molecule has 1 aromatic heterocycles. The van der Waals surface area contributed by atoms with E-state index < -0.39 is 116 Å². The van der Waals surface area contributed by atoms with Gasteiger partial charge in [-0.2, -0.15) is 11.8 Å². The minimum absolute atomic E-state index is 0.143. The van der Waals surface area contributed by atoms with Crippen molar-refractivity contribution in [2.24, 2.45) is 11.5 Å². The lowest BCUT2D eigenvalue weighted by Crippen LogP contribution is -2.62. The second kappa shape index (κ2) is 20.5. The van der Waals surface area contributed by atoms with Crippen molar-refractivity contribution >= 4 is 66.1 Å². The summed E-state index contributed by atoms with van der Waals surface area (Å²) in [6.07, 6.45) is 1.15. The molecule has 14 N–H and O–H groups in total. The van der Waals surface area contributed by atoms with Gasteiger partial charge in [0, 0.05) is 0 Å². The van der Waals surface area contributed by atoms with E-state index in [-0.39, 0.29) is 6.42 Å². The van der Waals surface area contributed by atoms with Crippen molar-refractivity contribution in [1.29, 1.82) is 0 Å². The monoisotopic (exact) mass is 753 g/mol. The Kier molecular flexibility index (Phi) is 17.9. The Hall–Kier alpha value is -4.19. The highest BCUT2D eigenvalue weighted by Gasteiger charge is 2.34. The highest BCUT2D eigenvalue weighted by atomic mass is 32.2. The van der Waals surface area contributed by atoms with Gasteiger partial charge >= 0.3 is 7.60 Å². The van der Waals surface area contributed by atoms with E-state index in [9.17, 15) is 58.1 Å². The van der Waals surface area contributed by atoms with Crippen LogP contribution in [0, 0.1) is 0 Å². The van der Waals surface area contributed by atoms with E-state index in [2.05, 4.69) is 42.2 Å². The van der Waals surface area contributed by atoms with Crippen LogP contribution in [0.15, 0.2) is 6.20 Å². The van der Waals surface area contributed by atoms with E-state index in [0.717, 1.165) is 17.8 Å². The fraction of sp³-hybridized carbons (Fsp3) is 0.640. The molecular formula is C25H44N11O12PS. The predicted octanol–water partition coefficient (Wildman–Crippen LogP) is -7.40. The molecule has 0 aromatic carbocycles. The summed E-state index contributed by atoms with van der Waals surface area (Å²) in [6.45, 7) is 1.56. The summed E-state index contributed by atoms with van der Waals surface area (Å²) in [5.41, 5.74) is 9.68. The molecule has 1 heterocycles. The van der Waals surface area contributed by atoms with E-state index in [1.807, 2.05) is 0 Å². The minimum atomic E-state index is -4.87. The number of primary amides is 1. The number of carbonyl (C=O) groups is 7. The Labute approximate surface area is 289 Å². The number of aromatic nitrogens is 3. The molecule has 0 unspecified atom stereocenters. The number of aliphatic hydroxyl groups is 2. The summed E-state index contributed by atoms with van der Waals surface area (Å²) in [4.78, 5) is 107. The van der Waals surface area contributed by atoms with Crippen molar-refractivity contribution in [3.05, 3.63) is 6.20 Å². The third-order valence-corrected chi connectivity index (χ3v) is 8.14. The summed E-state index contributed by atoms with van der Waals surface area (Å²) in [5, 5.41) is 40.7. The molecule has 0 saturated carbocycles. The van der Waals surface area contributed by atoms with Gasteiger partial charge in [-0.25, -0.2) is 4.68 Å². The van der Waals surface area contributed by atoms with E-state index >= 15 is 0 Å². The van der Waals surface area contributed by atoms with Crippen LogP contribution in [0.5, 0.6) is 0 Å². The van der Waals surface area contributed by atoms with Crippen LogP contribution in [-0.2, 0) is 44.7 Å². The van der Waals surface area contributed by atoms with Crippen molar-refractivity contribution in [3.63, 3.8) is 0 Å². The van der Waals surface area contributed by atoms with E-state index in [1.165, 1.54) is 25.6 Å². The Morgan fingerprint density at radius 2 is 1.42 bits per heavy atom. The summed E-state index contributed by atoms with van der Waals surface area (Å²) in [7, 11) is -4.87. The van der Waals surface area contributed by atoms with Crippen molar-refractivity contribution in [2.75, 3.05) is 25.2 Å². The topological polar surface area (TPSA) is 372 Å². The molecule has 282 valence electrons. The minimum Gasteiger partial charge on any atom is -0.394 e. The van der Waals surface area contributed by atoms with Gasteiger partial charge in [0.1, 0.15) is 36.3 Å². The lowest BCUT2D eigenvalue weighted by atomic mass is 10.1. The first-order valence-electron chi connectivity index (χ1n) is 14.8. The lowest BCUT2D eigenvalue weighted by Gasteiger charge is -2.27. The van der Waals surface area contributed by atoms with E-state index in [1.54, 1.807) is 6.26 Å². The van der Waals surface area contributed by atoms with Gasteiger partial charge in [0.25, 0.3) is 0 Å². The van der Waals surface area contributed by atoms with Crippen molar-refractivity contribution in [1.82, 2.24) is 46.9 Å². The number of nitrogens with one attached hydrogen (secondary N) is 6. The average molecular weight is 754 g/mol. The predicted molar refractivity (Wildman–Crippen MR) is 175 cm³/mol. The number of hydrogen-bond donors (Lipinski definition) is 12. The molecule has 0 radical (unpaired) electrons. The molecule has 0 saturated heterocycles. The molecule has 0 aliphatic heterocycles. The number of aliphatic hydroxyl groups excluding tert-OH is 2. The van der Waals surface area contributed by atoms with Crippen molar-refractivity contribution in [2.45, 2.75) is 76.1 Å². The van der Waals surface area contributed by atoms with Crippen LogP contribution in [0.2, 0.25) is 0 Å². The molecule has 1 aromatic rings. The third-order valence-electron chi connectivity index (χ3n) is 6.69. The Balaban J connectivity index is 3.22. The largest absolute Gasteiger partial charge is 0.394 e. The Morgan fingerprint density at radius 1 is 0.860 bits per heavy atom. The SMILES string of the molecule is CSCC[C@H](NC(=O)CN)C(=O)N[C@H](C(=O)N[C@@H](CO)C(=O)N[C@@H](Cn1cc(P(=O)(O)O)nn1)C(=O)N[C@@H](C)C(=O)N[C@@H](C)C(N)=O)[C@@H](C)O. The number of carbonyl (C=O) groups excluding carboxylic acids is 7. The highest BCUT2D eigenvalue weighted by molar-refractivity contribution is 7.98. The molecule has 0 aliphatic rings. The number of amides is 7. The standard InChI is InChI=1S/C25H44N11O12PS/c1-11(20(27)40)28-21(41)12(2)29-23(43)15(8-36-9-18(34-35-36)49(46,47)48)31-24(44)16(10-37)32-25(45)19(13(3)38)33-22(42)14(5-6-50-4)30-17(39)7-26/h9,11-16,19,37-38H,5-8,10,26H2,1-4H3,(H2,27,40)(H,28,41)(H,29,43)(H,30,39)(H,31,44)(H,32,45)(H,33,42)(H2,46,47,48)/t11-,12-,13+,14-,15-,16-,19-/m0/s1. The van der Waals surface area contributed by atoms with Gasteiger partial charge < -0.3 is 63.4 Å². The molecule has 0 fully saturated rings. The van der Waals surface area contributed by atoms with E-state index in [4.69, 9.17) is 11.5 Å². The van der Waals surface area contributed by atoms with Crippen LogP contribution < -0.4 is 48.8 Å². The molecule has 25 heteroatoms. The fourth-order valence-electron chi connectivity index (χ4n) is 3.83. The summed E-state index contributed by atoms with van der Waals surface area (Å²) >= 11 is 1.37. The molecule has 50 heavy (non-hydrogen) atoms. The summed E-state index contributed by atoms with van der Waals surface area (Å²) < 4.78 is 12.4. The molecule has 0 spiro atoms. The van der Waals surface area contributed by atoms with Crippen molar-refractivity contribution < 1.29 is 58.1 Å². The van der Waals surface area contributed by atoms with Crippen LogP contribution >= 0.6 is 19.4 Å². The molecule has 7 amide bonds. The number of rotatable bonds is 21. The van der Waals surface area contributed by atoms with Gasteiger partial charge in [-0.1, -0.05) is 5.21 Å². The highest BCUT2D eigenvalue weighted by Crippen LogP contribution is 2.31. The Morgan fingerprint density at radius 3 is 1.92 bits per heavy atom. The first-order chi connectivity index (χ1) is 23.2. The van der Waals surface area contributed by atoms with Gasteiger partial charge in [-0.3, -0.25) is 38.1 Å². The third kappa shape index (κ3) is 14.3.